The monoisotopic (exact) mass is 261 g/mol. The van der Waals surface area contributed by atoms with E-state index in [1.54, 1.807) is 35.6 Å². The molecule has 0 aliphatic rings. The van der Waals surface area contributed by atoms with Crippen LogP contribution in [0.25, 0.3) is 22.2 Å². The zero-order valence-electron chi connectivity index (χ0n) is 8.74. The molecule has 1 N–H and O–H groups in total. The van der Waals surface area contributed by atoms with E-state index in [4.69, 9.17) is 11.6 Å². The van der Waals surface area contributed by atoms with Gasteiger partial charge in [-0.25, -0.2) is 0 Å². The number of nitrogens with one attached hydrogen (secondary N) is 1. The molecular weight excluding hydrogens is 254 g/mol. The van der Waals surface area contributed by atoms with E-state index in [2.05, 4.69) is 4.98 Å². The number of hydrogen-bond donors (Lipinski definition) is 1. The van der Waals surface area contributed by atoms with Crippen molar-refractivity contribution in [2.75, 3.05) is 0 Å². The number of pyridine rings is 1. The first-order valence-electron chi connectivity index (χ1n) is 5.09. The van der Waals surface area contributed by atoms with Gasteiger partial charge in [0.05, 0.1) is 11.2 Å². The first kappa shape index (κ1) is 10.6. The summed E-state index contributed by atoms with van der Waals surface area (Å²) in [5.41, 5.74) is 2.63. The topological polar surface area (TPSA) is 32.9 Å². The lowest BCUT2D eigenvalue weighted by atomic mass is 10.1. The standard InChI is InChI=1S/C13H8ClNOS/c14-9-1-2-10-12(5-9)15-11(6-13(10)16)8-3-4-17-7-8/h1-7H,(H,15,16). The third-order valence-electron chi connectivity index (χ3n) is 2.62. The van der Waals surface area contributed by atoms with Crippen LogP contribution in [0.4, 0.5) is 0 Å². The summed E-state index contributed by atoms with van der Waals surface area (Å²) < 4.78 is 0. The molecule has 17 heavy (non-hydrogen) atoms. The SMILES string of the molecule is O=c1cc(-c2ccsc2)[nH]c2cc(Cl)ccc12. The highest BCUT2D eigenvalue weighted by Gasteiger charge is 2.04. The Balaban J connectivity index is 2.33. The fraction of sp³-hybridized carbons (Fsp3) is 0. The lowest BCUT2D eigenvalue weighted by Gasteiger charge is -2.02. The van der Waals surface area contributed by atoms with Crippen molar-refractivity contribution in [2.24, 2.45) is 0 Å². The minimum absolute atomic E-state index is 0.0108. The van der Waals surface area contributed by atoms with Gasteiger partial charge in [0, 0.05) is 27.4 Å². The average Bonchev–Trinajstić information content (AvgIpc) is 2.81. The molecule has 2 aromatic heterocycles. The lowest BCUT2D eigenvalue weighted by Crippen LogP contribution is -2.02. The summed E-state index contributed by atoms with van der Waals surface area (Å²) in [6.07, 6.45) is 0. The van der Waals surface area contributed by atoms with E-state index in [0.29, 0.717) is 10.4 Å². The quantitative estimate of drug-likeness (QED) is 0.708. The smallest absolute Gasteiger partial charge is 0.190 e. The molecule has 0 atom stereocenters. The summed E-state index contributed by atoms with van der Waals surface area (Å²) in [5.74, 6) is 0. The molecule has 84 valence electrons. The van der Waals surface area contributed by atoms with Gasteiger partial charge in [0.15, 0.2) is 5.43 Å². The molecule has 0 amide bonds. The summed E-state index contributed by atoms with van der Waals surface area (Å²) >= 11 is 7.53. The molecule has 0 fully saturated rings. The van der Waals surface area contributed by atoms with Crippen LogP contribution in [0.3, 0.4) is 0 Å². The lowest BCUT2D eigenvalue weighted by molar-refractivity contribution is 1.39. The molecule has 0 radical (unpaired) electrons. The van der Waals surface area contributed by atoms with Crippen LogP contribution in [0.15, 0.2) is 45.9 Å². The molecule has 1 aromatic carbocycles. The van der Waals surface area contributed by atoms with Gasteiger partial charge in [-0.05, 0) is 29.6 Å². The predicted molar refractivity (Wildman–Crippen MR) is 72.9 cm³/mol. The molecule has 2 nitrogen and oxygen atoms in total. The van der Waals surface area contributed by atoms with E-state index in [1.807, 2.05) is 16.8 Å². The summed E-state index contributed by atoms with van der Waals surface area (Å²) in [6.45, 7) is 0. The van der Waals surface area contributed by atoms with Crippen LogP contribution in [0.1, 0.15) is 0 Å². The number of hydrogen-bond acceptors (Lipinski definition) is 2. The number of halogens is 1. The Bertz CT molecular complexity index is 731. The van der Waals surface area contributed by atoms with E-state index in [9.17, 15) is 4.79 Å². The molecule has 3 rings (SSSR count). The van der Waals surface area contributed by atoms with Crippen molar-refractivity contribution in [3.63, 3.8) is 0 Å². The molecule has 0 aliphatic carbocycles. The summed E-state index contributed by atoms with van der Waals surface area (Å²) in [7, 11) is 0. The maximum atomic E-state index is 11.9. The molecule has 3 aromatic rings. The van der Waals surface area contributed by atoms with Gasteiger partial charge >= 0.3 is 0 Å². The number of H-pyrrole nitrogens is 1. The van der Waals surface area contributed by atoms with Crippen molar-refractivity contribution in [3.05, 3.63) is 56.3 Å². The largest absolute Gasteiger partial charge is 0.354 e. The summed E-state index contributed by atoms with van der Waals surface area (Å²) in [6, 6.07) is 8.84. The number of thiophene rings is 1. The van der Waals surface area contributed by atoms with Crippen molar-refractivity contribution in [1.82, 2.24) is 4.98 Å². The maximum absolute atomic E-state index is 11.9. The number of aromatic nitrogens is 1. The van der Waals surface area contributed by atoms with E-state index < -0.39 is 0 Å². The first-order chi connectivity index (χ1) is 8.24. The zero-order chi connectivity index (χ0) is 11.8. The second kappa shape index (κ2) is 4.02. The van der Waals surface area contributed by atoms with E-state index in [-0.39, 0.29) is 5.43 Å². The van der Waals surface area contributed by atoms with Crippen molar-refractivity contribution in [2.45, 2.75) is 0 Å². The predicted octanol–water partition coefficient (Wildman–Crippen LogP) is 3.91. The summed E-state index contributed by atoms with van der Waals surface area (Å²) in [5, 5.41) is 5.27. The van der Waals surface area contributed by atoms with Crippen molar-refractivity contribution < 1.29 is 0 Å². The Labute approximate surface area is 106 Å². The van der Waals surface area contributed by atoms with Gasteiger partial charge in [-0.3, -0.25) is 4.79 Å². The minimum Gasteiger partial charge on any atom is -0.354 e. The Kier molecular flexibility index (Phi) is 2.50. The highest BCUT2D eigenvalue weighted by molar-refractivity contribution is 7.08. The van der Waals surface area contributed by atoms with Crippen molar-refractivity contribution in [1.29, 1.82) is 0 Å². The normalized spacial score (nSPS) is 10.9. The van der Waals surface area contributed by atoms with Crippen LogP contribution < -0.4 is 5.43 Å². The second-order valence-electron chi connectivity index (χ2n) is 3.75. The Morgan fingerprint density at radius 1 is 1.18 bits per heavy atom. The number of aromatic amines is 1. The Morgan fingerprint density at radius 3 is 2.82 bits per heavy atom. The van der Waals surface area contributed by atoms with Gasteiger partial charge in [0.1, 0.15) is 0 Å². The third-order valence-corrected chi connectivity index (χ3v) is 3.54. The molecule has 0 saturated heterocycles. The van der Waals surface area contributed by atoms with Gasteiger partial charge < -0.3 is 4.98 Å². The molecule has 0 unspecified atom stereocenters. The van der Waals surface area contributed by atoms with Crippen LogP contribution in [0.5, 0.6) is 0 Å². The van der Waals surface area contributed by atoms with Crippen LogP contribution in [0.2, 0.25) is 5.02 Å². The molecule has 4 heteroatoms. The fourth-order valence-electron chi connectivity index (χ4n) is 1.80. The zero-order valence-corrected chi connectivity index (χ0v) is 10.3. The van der Waals surface area contributed by atoms with Gasteiger partial charge in [-0.15, -0.1) is 0 Å². The van der Waals surface area contributed by atoms with E-state index >= 15 is 0 Å². The van der Waals surface area contributed by atoms with E-state index in [1.165, 1.54) is 0 Å². The van der Waals surface area contributed by atoms with Crippen LogP contribution in [0, 0.1) is 0 Å². The molecular formula is C13H8ClNOS. The first-order valence-corrected chi connectivity index (χ1v) is 6.41. The molecule has 0 saturated carbocycles. The number of benzene rings is 1. The van der Waals surface area contributed by atoms with Gasteiger partial charge in [0.2, 0.25) is 0 Å². The van der Waals surface area contributed by atoms with Gasteiger partial charge in [-0.2, -0.15) is 11.3 Å². The number of fused-ring (bicyclic) bond motifs is 1. The summed E-state index contributed by atoms with van der Waals surface area (Å²) in [4.78, 5) is 15.2. The highest BCUT2D eigenvalue weighted by Crippen LogP contribution is 2.22. The van der Waals surface area contributed by atoms with Crippen molar-refractivity contribution >= 4 is 33.8 Å². The fourth-order valence-corrected chi connectivity index (χ4v) is 2.63. The minimum atomic E-state index is 0.0108. The van der Waals surface area contributed by atoms with Crippen LogP contribution in [-0.4, -0.2) is 4.98 Å². The van der Waals surface area contributed by atoms with E-state index in [0.717, 1.165) is 16.8 Å². The van der Waals surface area contributed by atoms with Crippen LogP contribution >= 0.6 is 22.9 Å². The molecule has 0 bridgehead atoms. The molecule has 0 spiro atoms. The highest BCUT2D eigenvalue weighted by atomic mass is 35.5. The molecule has 2 heterocycles. The van der Waals surface area contributed by atoms with Crippen LogP contribution in [-0.2, 0) is 0 Å². The maximum Gasteiger partial charge on any atom is 0.190 e. The Hall–Kier alpha value is -1.58. The average molecular weight is 262 g/mol. The third kappa shape index (κ3) is 1.88. The number of rotatable bonds is 1. The second-order valence-corrected chi connectivity index (χ2v) is 4.97. The van der Waals surface area contributed by atoms with Gasteiger partial charge in [-0.1, -0.05) is 11.6 Å². The Morgan fingerprint density at radius 2 is 2.06 bits per heavy atom. The van der Waals surface area contributed by atoms with Crippen molar-refractivity contribution in [3.8, 4) is 11.3 Å². The molecule has 0 aliphatic heterocycles. The van der Waals surface area contributed by atoms with Gasteiger partial charge in [0.25, 0.3) is 0 Å².